The third-order valence-corrected chi connectivity index (χ3v) is 4.44. The molecule has 0 saturated carbocycles. The van der Waals surface area contributed by atoms with Crippen molar-refractivity contribution in [3.05, 3.63) is 47.1 Å². The van der Waals surface area contributed by atoms with Crippen LogP contribution in [0.4, 0.5) is 9.39 Å². The van der Waals surface area contributed by atoms with Crippen molar-refractivity contribution < 1.29 is 18.7 Å². The van der Waals surface area contributed by atoms with Crippen molar-refractivity contribution in [2.45, 2.75) is 11.8 Å². The first kappa shape index (κ1) is 16.5. The van der Waals surface area contributed by atoms with Crippen LogP contribution < -0.4 is 5.32 Å². The van der Waals surface area contributed by atoms with Crippen molar-refractivity contribution in [3.63, 3.8) is 0 Å². The van der Waals surface area contributed by atoms with E-state index in [4.69, 9.17) is 4.74 Å². The molecule has 0 saturated heterocycles. The number of ether oxygens (including phenoxy) is 1. The summed E-state index contributed by atoms with van der Waals surface area (Å²) >= 11 is 2.56. The number of hydrogen-bond donors (Lipinski definition) is 1. The molecule has 1 aromatic heterocycles. The Labute approximate surface area is 135 Å². The topological polar surface area (TPSA) is 55.4 Å². The third-order valence-electron chi connectivity index (χ3n) is 2.60. The van der Waals surface area contributed by atoms with Gasteiger partial charge in [-0.1, -0.05) is 0 Å². The second-order valence-electron chi connectivity index (χ2n) is 4.17. The van der Waals surface area contributed by atoms with Crippen LogP contribution in [0.5, 0.6) is 0 Å². The van der Waals surface area contributed by atoms with Crippen molar-refractivity contribution in [2.24, 2.45) is 0 Å². The predicted molar refractivity (Wildman–Crippen MR) is 86.0 cm³/mol. The van der Waals surface area contributed by atoms with Gasteiger partial charge < -0.3 is 10.1 Å². The van der Waals surface area contributed by atoms with E-state index in [1.54, 1.807) is 30.5 Å². The van der Waals surface area contributed by atoms with E-state index in [0.717, 1.165) is 4.90 Å². The largest absolute Gasteiger partial charge is 0.462 e. The summed E-state index contributed by atoms with van der Waals surface area (Å²) in [5, 5.41) is 4.89. The van der Waals surface area contributed by atoms with Gasteiger partial charge in [0.2, 0.25) is 5.91 Å². The lowest BCUT2D eigenvalue weighted by atomic mass is 10.3. The van der Waals surface area contributed by atoms with Crippen LogP contribution in [0.15, 0.2) is 40.6 Å². The molecule has 22 heavy (non-hydrogen) atoms. The number of carbonyl (C=O) groups excluding carboxylic acids is 2. The zero-order valence-electron chi connectivity index (χ0n) is 11.8. The Kier molecular flexibility index (Phi) is 5.97. The van der Waals surface area contributed by atoms with E-state index in [0.29, 0.717) is 10.6 Å². The van der Waals surface area contributed by atoms with Gasteiger partial charge in [0.25, 0.3) is 0 Å². The van der Waals surface area contributed by atoms with E-state index in [1.165, 1.54) is 35.2 Å². The first-order valence-corrected chi connectivity index (χ1v) is 8.39. The molecule has 1 aromatic carbocycles. The molecule has 0 aliphatic heterocycles. The van der Waals surface area contributed by atoms with Crippen LogP contribution in [0.3, 0.4) is 0 Å². The van der Waals surface area contributed by atoms with Crippen LogP contribution in [-0.4, -0.2) is 24.2 Å². The van der Waals surface area contributed by atoms with E-state index >= 15 is 0 Å². The van der Waals surface area contributed by atoms with Crippen LogP contribution in [0, 0.1) is 5.82 Å². The summed E-state index contributed by atoms with van der Waals surface area (Å²) in [6.07, 6.45) is 0. The summed E-state index contributed by atoms with van der Waals surface area (Å²) in [5.41, 5.74) is 0.354. The van der Waals surface area contributed by atoms with Crippen molar-refractivity contribution >= 4 is 40.0 Å². The van der Waals surface area contributed by atoms with Gasteiger partial charge in [-0.05, 0) is 42.6 Å². The van der Waals surface area contributed by atoms with Gasteiger partial charge >= 0.3 is 5.97 Å². The zero-order chi connectivity index (χ0) is 15.9. The number of anilines is 1. The average molecular weight is 339 g/mol. The number of benzene rings is 1. The second-order valence-corrected chi connectivity index (χ2v) is 6.14. The standard InChI is InChI=1S/C15H14FNO3S2/c1-2-20-15(19)12-7-8-21-14(12)17-13(18)9-22-11-5-3-10(16)4-6-11/h3-8H,2,9H2,1H3,(H,17,18). The number of rotatable bonds is 6. The molecule has 0 atom stereocenters. The molecule has 0 fully saturated rings. The summed E-state index contributed by atoms with van der Waals surface area (Å²) < 4.78 is 17.7. The fourth-order valence-electron chi connectivity index (χ4n) is 1.62. The highest BCUT2D eigenvalue weighted by Crippen LogP contribution is 2.25. The Bertz CT molecular complexity index is 655. The van der Waals surface area contributed by atoms with Gasteiger partial charge in [0.1, 0.15) is 10.8 Å². The maximum absolute atomic E-state index is 12.8. The number of amides is 1. The monoisotopic (exact) mass is 339 g/mol. The quantitative estimate of drug-likeness (QED) is 0.642. The first-order valence-electron chi connectivity index (χ1n) is 6.53. The normalized spacial score (nSPS) is 10.3. The first-order chi connectivity index (χ1) is 10.6. The maximum Gasteiger partial charge on any atom is 0.341 e. The van der Waals surface area contributed by atoms with Crippen molar-refractivity contribution in [3.8, 4) is 0 Å². The molecular formula is C15H14FNO3S2. The number of thiophene rings is 1. The molecule has 0 unspecified atom stereocenters. The van der Waals surface area contributed by atoms with Gasteiger partial charge in [-0.15, -0.1) is 23.1 Å². The Morgan fingerprint density at radius 2 is 2.00 bits per heavy atom. The van der Waals surface area contributed by atoms with Gasteiger partial charge in [0.15, 0.2) is 0 Å². The van der Waals surface area contributed by atoms with Gasteiger partial charge in [-0.2, -0.15) is 0 Å². The molecule has 7 heteroatoms. The van der Waals surface area contributed by atoms with Crippen molar-refractivity contribution in [1.29, 1.82) is 0 Å². The summed E-state index contributed by atoms with van der Waals surface area (Å²) in [5.74, 6) is -0.828. The number of halogens is 1. The molecule has 2 rings (SSSR count). The Morgan fingerprint density at radius 1 is 1.27 bits per heavy atom. The fourth-order valence-corrected chi connectivity index (χ4v) is 3.11. The Morgan fingerprint density at radius 3 is 2.68 bits per heavy atom. The Hall–Kier alpha value is -1.86. The van der Waals surface area contributed by atoms with Gasteiger partial charge in [0.05, 0.1) is 17.9 Å². The smallest absolute Gasteiger partial charge is 0.341 e. The third kappa shape index (κ3) is 4.57. The average Bonchev–Trinajstić information content (AvgIpc) is 2.95. The minimum atomic E-state index is -0.453. The van der Waals surface area contributed by atoms with E-state index in [9.17, 15) is 14.0 Å². The zero-order valence-corrected chi connectivity index (χ0v) is 13.4. The lowest BCUT2D eigenvalue weighted by Crippen LogP contribution is -2.15. The lowest BCUT2D eigenvalue weighted by molar-refractivity contribution is -0.113. The molecule has 2 aromatic rings. The molecule has 1 amide bonds. The summed E-state index contributed by atoms with van der Waals surface area (Å²) in [6.45, 7) is 2.00. The van der Waals surface area contributed by atoms with Gasteiger partial charge in [0, 0.05) is 4.90 Å². The van der Waals surface area contributed by atoms with Crippen molar-refractivity contribution in [1.82, 2.24) is 0 Å². The summed E-state index contributed by atoms with van der Waals surface area (Å²) in [6, 6.07) is 7.53. The van der Waals surface area contributed by atoms with Crippen LogP contribution in [0.25, 0.3) is 0 Å². The maximum atomic E-state index is 12.8. The predicted octanol–water partition coefficient (Wildman–Crippen LogP) is 3.79. The molecule has 0 aliphatic carbocycles. The van der Waals surface area contributed by atoms with Crippen LogP contribution in [0.2, 0.25) is 0 Å². The molecule has 0 aliphatic rings. The Balaban J connectivity index is 1.91. The number of esters is 1. The van der Waals surface area contributed by atoms with Crippen LogP contribution in [-0.2, 0) is 9.53 Å². The molecule has 0 bridgehead atoms. The van der Waals surface area contributed by atoms with Crippen LogP contribution >= 0.6 is 23.1 Å². The molecule has 1 N–H and O–H groups in total. The molecule has 1 heterocycles. The van der Waals surface area contributed by atoms with E-state index in [-0.39, 0.29) is 24.1 Å². The number of carbonyl (C=O) groups is 2. The van der Waals surface area contributed by atoms with Crippen molar-refractivity contribution in [2.75, 3.05) is 17.7 Å². The van der Waals surface area contributed by atoms with E-state index in [1.807, 2.05) is 0 Å². The molecular weight excluding hydrogens is 325 g/mol. The fraction of sp³-hybridized carbons (Fsp3) is 0.200. The molecule has 116 valence electrons. The van der Waals surface area contributed by atoms with Gasteiger partial charge in [-0.25, -0.2) is 9.18 Å². The minimum Gasteiger partial charge on any atom is -0.462 e. The van der Waals surface area contributed by atoms with E-state index < -0.39 is 5.97 Å². The summed E-state index contributed by atoms with van der Waals surface area (Å²) in [4.78, 5) is 24.4. The van der Waals surface area contributed by atoms with Crippen LogP contribution in [0.1, 0.15) is 17.3 Å². The molecule has 0 spiro atoms. The highest BCUT2D eigenvalue weighted by molar-refractivity contribution is 8.00. The number of thioether (sulfide) groups is 1. The van der Waals surface area contributed by atoms with Gasteiger partial charge in [-0.3, -0.25) is 4.79 Å². The number of nitrogens with one attached hydrogen (secondary N) is 1. The lowest BCUT2D eigenvalue weighted by Gasteiger charge is -2.06. The summed E-state index contributed by atoms with van der Waals surface area (Å²) in [7, 11) is 0. The number of hydrogen-bond acceptors (Lipinski definition) is 5. The molecule has 0 radical (unpaired) electrons. The SMILES string of the molecule is CCOC(=O)c1ccsc1NC(=O)CSc1ccc(F)cc1. The minimum absolute atomic E-state index is 0.172. The second kappa shape index (κ2) is 7.95. The van der Waals surface area contributed by atoms with E-state index in [2.05, 4.69) is 5.32 Å². The highest BCUT2D eigenvalue weighted by Gasteiger charge is 2.16. The molecule has 4 nitrogen and oxygen atoms in total. The highest BCUT2D eigenvalue weighted by atomic mass is 32.2.